The topological polar surface area (TPSA) is 35.2 Å². The second-order valence-corrected chi connectivity index (χ2v) is 6.15. The van der Waals surface area contributed by atoms with Crippen molar-refractivity contribution in [3.05, 3.63) is 29.3 Å². The first-order valence-corrected chi connectivity index (χ1v) is 7.79. The van der Waals surface area contributed by atoms with Crippen molar-refractivity contribution in [2.45, 2.75) is 57.4 Å². The van der Waals surface area contributed by atoms with Gasteiger partial charge in [-0.2, -0.15) is 0 Å². The van der Waals surface area contributed by atoms with E-state index in [1.54, 1.807) is 0 Å². The lowest BCUT2D eigenvalue weighted by molar-refractivity contribution is 0.257. The zero-order chi connectivity index (χ0) is 13.2. The van der Waals surface area contributed by atoms with Gasteiger partial charge in [-0.15, -0.1) is 0 Å². The molecule has 1 aliphatic heterocycles. The van der Waals surface area contributed by atoms with Crippen LogP contribution in [0.2, 0.25) is 0 Å². The second kappa shape index (κ2) is 5.54. The normalized spacial score (nSPS) is 30.5. The van der Waals surface area contributed by atoms with E-state index in [1.165, 1.54) is 30.4 Å². The van der Waals surface area contributed by atoms with Crippen molar-refractivity contribution in [1.29, 1.82) is 0 Å². The Morgan fingerprint density at radius 3 is 3.05 bits per heavy atom. The molecule has 3 unspecified atom stereocenters. The molecule has 1 fully saturated rings. The quantitative estimate of drug-likeness (QED) is 0.880. The number of benzene rings is 1. The van der Waals surface area contributed by atoms with Gasteiger partial charge in [0.2, 0.25) is 0 Å². The molecule has 3 rings (SSSR count). The predicted molar refractivity (Wildman–Crippen MR) is 78.6 cm³/mol. The van der Waals surface area contributed by atoms with Crippen molar-refractivity contribution in [2.75, 3.05) is 6.61 Å². The van der Waals surface area contributed by atoms with Crippen LogP contribution in [0.3, 0.4) is 0 Å². The van der Waals surface area contributed by atoms with Crippen molar-refractivity contribution >= 4 is 0 Å². The van der Waals surface area contributed by atoms with Gasteiger partial charge in [0.25, 0.3) is 0 Å². The van der Waals surface area contributed by atoms with Gasteiger partial charge in [-0.25, -0.2) is 0 Å². The zero-order valence-corrected chi connectivity index (χ0v) is 11.9. The van der Waals surface area contributed by atoms with Gasteiger partial charge >= 0.3 is 0 Å². The molecule has 0 amide bonds. The van der Waals surface area contributed by atoms with Gasteiger partial charge in [0.1, 0.15) is 5.75 Å². The van der Waals surface area contributed by atoms with E-state index in [-0.39, 0.29) is 0 Å². The number of fused-ring (bicyclic) bond motifs is 1. The van der Waals surface area contributed by atoms with E-state index in [0.29, 0.717) is 12.0 Å². The summed E-state index contributed by atoms with van der Waals surface area (Å²) in [6.07, 6.45) is 7.26. The van der Waals surface area contributed by atoms with Crippen molar-refractivity contribution in [1.82, 2.24) is 0 Å². The molecule has 2 nitrogen and oxygen atoms in total. The average Bonchev–Trinajstić information content (AvgIpc) is 2.47. The zero-order valence-electron chi connectivity index (χ0n) is 11.9. The van der Waals surface area contributed by atoms with Crippen LogP contribution in [0, 0.1) is 5.92 Å². The highest BCUT2D eigenvalue weighted by Gasteiger charge is 2.31. The maximum Gasteiger partial charge on any atom is 0.126 e. The molecular weight excluding hydrogens is 234 g/mol. The molecule has 19 heavy (non-hydrogen) atoms. The Bertz CT molecular complexity index is 443. The first-order valence-electron chi connectivity index (χ1n) is 7.79. The van der Waals surface area contributed by atoms with E-state index in [0.717, 1.165) is 37.5 Å². The Morgan fingerprint density at radius 2 is 2.21 bits per heavy atom. The molecular formula is C17H25NO. The van der Waals surface area contributed by atoms with E-state index < -0.39 is 0 Å². The number of rotatable bonds is 2. The van der Waals surface area contributed by atoms with Gasteiger partial charge in [0.15, 0.2) is 0 Å². The van der Waals surface area contributed by atoms with Crippen molar-refractivity contribution < 1.29 is 4.74 Å². The van der Waals surface area contributed by atoms with E-state index in [9.17, 15) is 0 Å². The van der Waals surface area contributed by atoms with Gasteiger partial charge < -0.3 is 10.5 Å². The predicted octanol–water partition coefficient (Wildman–Crippen LogP) is 3.63. The van der Waals surface area contributed by atoms with Crippen LogP contribution >= 0.6 is 0 Å². The standard InChI is InChI=1S/C17H25NO/c1-2-12-8-9-16(18)15(11-12)14-7-3-5-13-6-4-10-19-17(13)14/h3,5,7,12,15-16H,2,4,6,8-11,18H2,1H3. The summed E-state index contributed by atoms with van der Waals surface area (Å²) in [5, 5.41) is 0. The molecule has 2 aliphatic rings. The Hall–Kier alpha value is -1.02. The van der Waals surface area contributed by atoms with Gasteiger partial charge in [0.05, 0.1) is 6.61 Å². The molecule has 1 aliphatic carbocycles. The highest BCUT2D eigenvalue weighted by molar-refractivity contribution is 5.45. The third kappa shape index (κ3) is 2.51. The fourth-order valence-electron chi connectivity index (χ4n) is 3.72. The van der Waals surface area contributed by atoms with Crippen molar-refractivity contribution in [3.63, 3.8) is 0 Å². The maximum atomic E-state index is 6.41. The van der Waals surface area contributed by atoms with Gasteiger partial charge in [-0.1, -0.05) is 31.5 Å². The first kappa shape index (κ1) is 13.0. The summed E-state index contributed by atoms with van der Waals surface area (Å²) in [6, 6.07) is 6.95. The Kier molecular flexibility index (Phi) is 3.79. The number of aryl methyl sites for hydroxylation is 1. The molecule has 1 aromatic carbocycles. The fourth-order valence-corrected chi connectivity index (χ4v) is 3.72. The summed E-state index contributed by atoms with van der Waals surface area (Å²) in [4.78, 5) is 0. The highest BCUT2D eigenvalue weighted by Crippen LogP contribution is 2.42. The third-order valence-corrected chi connectivity index (χ3v) is 4.95. The van der Waals surface area contributed by atoms with Crippen molar-refractivity contribution in [2.24, 2.45) is 11.7 Å². The highest BCUT2D eigenvalue weighted by atomic mass is 16.5. The lowest BCUT2D eigenvalue weighted by atomic mass is 9.73. The molecule has 0 radical (unpaired) electrons. The summed E-state index contributed by atoms with van der Waals surface area (Å²) in [5.41, 5.74) is 9.17. The van der Waals surface area contributed by atoms with Crippen LogP contribution < -0.4 is 10.5 Å². The fraction of sp³-hybridized carbons (Fsp3) is 0.647. The Morgan fingerprint density at radius 1 is 1.32 bits per heavy atom. The van der Waals surface area contributed by atoms with Crippen LogP contribution in [0.5, 0.6) is 5.75 Å². The molecule has 1 aromatic rings. The van der Waals surface area contributed by atoms with Gasteiger partial charge in [0, 0.05) is 12.0 Å². The smallest absolute Gasteiger partial charge is 0.126 e. The molecule has 0 aromatic heterocycles. The van der Waals surface area contributed by atoms with Crippen LogP contribution in [0.4, 0.5) is 0 Å². The number of ether oxygens (including phenoxy) is 1. The molecule has 1 saturated carbocycles. The van der Waals surface area contributed by atoms with E-state index in [2.05, 4.69) is 25.1 Å². The number of nitrogens with two attached hydrogens (primary N) is 1. The summed E-state index contributed by atoms with van der Waals surface area (Å²) in [6.45, 7) is 3.17. The Labute approximate surface area is 116 Å². The third-order valence-electron chi connectivity index (χ3n) is 4.95. The maximum absolute atomic E-state index is 6.41. The molecule has 2 N–H and O–H groups in total. The minimum Gasteiger partial charge on any atom is -0.493 e. The first-order chi connectivity index (χ1) is 9.29. The van der Waals surface area contributed by atoms with E-state index in [1.807, 2.05) is 0 Å². The molecule has 104 valence electrons. The molecule has 0 spiro atoms. The van der Waals surface area contributed by atoms with Crippen LogP contribution in [-0.2, 0) is 6.42 Å². The SMILES string of the molecule is CCC1CCC(N)C(c2cccc3c2OCCC3)C1. The molecule has 0 bridgehead atoms. The monoisotopic (exact) mass is 259 g/mol. The average molecular weight is 259 g/mol. The van der Waals surface area contributed by atoms with Crippen molar-refractivity contribution in [3.8, 4) is 5.75 Å². The molecule has 1 heterocycles. The summed E-state index contributed by atoms with van der Waals surface area (Å²) < 4.78 is 5.97. The van der Waals surface area contributed by atoms with E-state index in [4.69, 9.17) is 10.5 Å². The summed E-state index contributed by atoms with van der Waals surface area (Å²) in [7, 11) is 0. The Balaban J connectivity index is 1.92. The summed E-state index contributed by atoms with van der Waals surface area (Å²) >= 11 is 0. The minimum atomic E-state index is 0.305. The second-order valence-electron chi connectivity index (χ2n) is 6.15. The number of para-hydroxylation sites is 1. The van der Waals surface area contributed by atoms with Gasteiger partial charge in [-0.05, 0) is 49.1 Å². The molecule has 3 atom stereocenters. The van der Waals surface area contributed by atoms with Crippen LogP contribution in [0.1, 0.15) is 56.1 Å². The van der Waals surface area contributed by atoms with Gasteiger partial charge in [-0.3, -0.25) is 0 Å². The van der Waals surface area contributed by atoms with E-state index >= 15 is 0 Å². The molecule has 2 heteroatoms. The lowest BCUT2D eigenvalue weighted by Gasteiger charge is -2.35. The minimum absolute atomic E-state index is 0.305. The number of hydrogen-bond acceptors (Lipinski definition) is 2. The van der Waals surface area contributed by atoms with Crippen LogP contribution in [0.25, 0.3) is 0 Å². The van der Waals surface area contributed by atoms with Crippen LogP contribution in [-0.4, -0.2) is 12.6 Å². The summed E-state index contributed by atoms with van der Waals surface area (Å²) in [5.74, 6) is 2.49. The molecule has 0 saturated heterocycles. The lowest BCUT2D eigenvalue weighted by Crippen LogP contribution is -2.35. The number of hydrogen-bond donors (Lipinski definition) is 1. The van der Waals surface area contributed by atoms with Crippen LogP contribution in [0.15, 0.2) is 18.2 Å². The largest absolute Gasteiger partial charge is 0.493 e.